The molecule has 0 unspecified atom stereocenters. The summed E-state index contributed by atoms with van der Waals surface area (Å²) in [5.41, 5.74) is 8.49. The first-order valence-electron chi connectivity index (χ1n) is 3.98. The molecule has 0 atom stereocenters. The third-order valence-electron chi connectivity index (χ3n) is 1.71. The molecule has 0 spiro atoms. The molecule has 3 heteroatoms. The summed E-state index contributed by atoms with van der Waals surface area (Å²) in [4.78, 5) is 4.14. The highest BCUT2D eigenvalue weighted by molar-refractivity contribution is 7.80. The number of nitrogens with zero attached hydrogens (tertiary/aromatic N) is 1. The average molecular weight is 192 g/mol. The molecule has 0 radical (unpaired) electrons. The van der Waals surface area contributed by atoms with Gasteiger partial charge in [-0.25, -0.2) is 4.98 Å². The van der Waals surface area contributed by atoms with Gasteiger partial charge in [-0.3, -0.25) is 0 Å². The molecule has 0 saturated carbocycles. The molecule has 0 aliphatic rings. The molecule has 0 bridgehead atoms. The van der Waals surface area contributed by atoms with Gasteiger partial charge in [-0.15, -0.1) is 0 Å². The first-order chi connectivity index (χ1) is 6.15. The molecule has 1 aromatic rings. The molecule has 0 amide bonds. The van der Waals surface area contributed by atoms with Crippen molar-refractivity contribution in [2.75, 3.05) is 11.5 Å². The molecule has 0 aliphatic heterocycles. The minimum absolute atomic E-state index is 0.548. The molecule has 0 aromatic carbocycles. The number of aryl methyl sites for hydroxylation is 2. The second-order valence-corrected chi connectivity index (χ2v) is 3.10. The maximum Gasteiger partial charge on any atom is 0.123 e. The fraction of sp³-hybridized carbons (Fsp3) is 0.300. The summed E-state index contributed by atoms with van der Waals surface area (Å²) in [6.07, 6.45) is 0. The Balaban J connectivity index is 3.21. The van der Waals surface area contributed by atoms with Crippen LogP contribution < -0.4 is 5.73 Å². The quantitative estimate of drug-likeness (QED) is 0.483. The Bertz CT molecular complexity index is 351. The Morgan fingerprint density at radius 1 is 1.54 bits per heavy atom. The van der Waals surface area contributed by atoms with Crippen molar-refractivity contribution < 1.29 is 0 Å². The number of aromatic nitrogens is 1. The number of nitrogens with two attached hydrogens (primary N) is 1. The van der Waals surface area contributed by atoms with Crippen molar-refractivity contribution in [2.24, 2.45) is 0 Å². The number of rotatable bonds is 0. The van der Waals surface area contributed by atoms with E-state index in [1.165, 1.54) is 0 Å². The molecular weight excluding hydrogens is 180 g/mol. The van der Waals surface area contributed by atoms with Crippen molar-refractivity contribution in [3.63, 3.8) is 0 Å². The summed E-state index contributed by atoms with van der Waals surface area (Å²) in [6, 6.07) is 1.83. The van der Waals surface area contributed by atoms with E-state index in [2.05, 4.69) is 29.5 Å². The minimum atomic E-state index is 0.548. The standard InChI is InChI=1S/C10H12N2S/c1-7-6-10(11)12-8(2)9(7)4-3-5-13/h6,13H,5H2,1-2H3,(H2,11,12). The highest BCUT2D eigenvalue weighted by Crippen LogP contribution is 2.12. The largest absolute Gasteiger partial charge is 0.384 e. The van der Waals surface area contributed by atoms with Gasteiger partial charge in [0.2, 0.25) is 0 Å². The van der Waals surface area contributed by atoms with Gasteiger partial charge in [0.05, 0.1) is 11.4 Å². The highest BCUT2D eigenvalue weighted by Gasteiger charge is 2.01. The van der Waals surface area contributed by atoms with Gasteiger partial charge in [0.15, 0.2) is 0 Å². The number of nitrogen functional groups attached to an aromatic ring is 1. The van der Waals surface area contributed by atoms with Gasteiger partial charge >= 0.3 is 0 Å². The van der Waals surface area contributed by atoms with Crippen LogP contribution >= 0.6 is 12.6 Å². The Kier molecular flexibility index (Phi) is 3.21. The Morgan fingerprint density at radius 2 is 2.23 bits per heavy atom. The van der Waals surface area contributed by atoms with Crippen LogP contribution in [0, 0.1) is 25.7 Å². The maximum absolute atomic E-state index is 5.58. The number of hydrogen-bond donors (Lipinski definition) is 2. The third-order valence-corrected chi connectivity index (χ3v) is 1.87. The SMILES string of the molecule is Cc1cc(N)nc(C)c1C#CCS. The fourth-order valence-electron chi connectivity index (χ4n) is 1.18. The predicted molar refractivity (Wildman–Crippen MR) is 58.9 cm³/mol. The first-order valence-corrected chi connectivity index (χ1v) is 4.62. The zero-order valence-electron chi connectivity index (χ0n) is 7.76. The lowest BCUT2D eigenvalue weighted by Gasteiger charge is -2.03. The molecular formula is C10H12N2S. The minimum Gasteiger partial charge on any atom is -0.384 e. The van der Waals surface area contributed by atoms with E-state index in [1.807, 2.05) is 19.9 Å². The topological polar surface area (TPSA) is 38.9 Å². The lowest BCUT2D eigenvalue weighted by atomic mass is 10.1. The smallest absolute Gasteiger partial charge is 0.123 e. The highest BCUT2D eigenvalue weighted by atomic mass is 32.1. The molecule has 2 N–H and O–H groups in total. The molecule has 68 valence electrons. The van der Waals surface area contributed by atoms with E-state index in [4.69, 9.17) is 5.73 Å². The number of hydrogen-bond acceptors (Lipinski definition) is 3. The van der Waals surface area contributed by atoms with Crippen LogP contribution in [0.3, 0.4) is 0 Å². The van der Waals surface area contributed by atoms with E-state index in [1.54, 1.807) is 0 Å². The summed E-state index contributed by atoms with van der Waals surface area (Å²) in [6.45, 7) is 3.89. The molecule has 13 heavy (non-hydrogen) atoms. The molecule has 2 nitrogen and oxygen atoms in total. The van der Waals surface area contributed by atoms with Crippen LogP contribution in [0.1, 0.15) is 16.8 Å². The molecule has 1 aromatic heterocycles. The van der Waals surface area contributed by atoms with Crippen molar-refractivity contribution in [3.05, 3.63) is 22.9 Å². The van der Waals surface area contributed by atoms with Crippen molar-refractivity contribution in [2.45, 2.75) is 13.8 Å². The molecule has 1 rings (SSSR count). The second kappa shape index (κ2) is 4.20. The van der Waals surface area contributed by atoms with E-state index in [9.17, 15) is 0 Å². The third kappa shape index (κ3) is 2.40. The van der Waals surface area contributed by atoms with Crippen LogP contribution in [0.15, 0.2) is 6.07 Å². The van der Waals surface area contributed by atoms with Crippen molar-refractivity contribution in [1.29, 1.82) is 0 Å². The second-order valence-electron chi connectivity index (χ2n) is 2.78. The normalized spacial score (nSPS) is 9.15. The summed E-state index contributed by atoms with van der Waals surface area (Å²) < 4.78 is 0. The molecule has 0 aliphatic carbocycles. The molecule has 0 fully saturated rings. The van der Waals surface area contributed by atoms with E-state index in [0.29, 0.717) is 11.6 Å². The predicted octanol–water partition coefficient (Wildman–Crippen LogP) is 1.56. The van der Waals surface area contributed by atoms with E-state index >= 15 is 0 Å². The average Bonchev–Trinajstić information content (AvgIpc) is 2.02. The van der Waals surface area contributed by atoms with Gasteiger partial charge in [-0.2, -0.15) is 12.6 Å². The number of anilines is 1. The molecule has 1 heterocycles. The van der Waals surface area contributed by atoms with E-state index < -0.39 is 0 Å². The summed E-state index contributed by atoms with van der Waals surface area (Å²) >= 11 is 4.02. The van der Waals surface area contributed by atoms with Gasteiger partial charge in [-0.05, 0) is 25.5 Å². The van der Waals surface area contributed by atoms with Gasteiger partial charge < -0.3 is 5.73 Å². The zero-order valence-corrected chi connectivity index (χ0v) is 8.65. The van der Waals surface area contributed by atoms with Crippen LogP contribution in [0.2, 0.25) is 0 Å². The van der Waals surface area contributed by atoms with Gasteiger partial charge in [0, 0.05) is 5.56 Å². The number of thiol groups is 1. The zero-order chi connectivity index (χ0) is 9.84. The van der Waals surface area contributed by atoms with Crippen LogP contribution in [0.5, 0.6) is 0 Å². The first kappa shape index (κ1) is 9.94. The van der Waals surface area contributed by atoms with Crippen molar-refractivity contribution in [1.82, 2.24) is 4.98 Å². The summed E-state index contributed by atoms with van der Waals surface area (Å²) in [5, 5.41) is 0. The fourth-order valence-corrected chi connectivity index (χ4v) is 1.26. The lowest BCUT2D eigenvalue weighted by molar-refractivity contribution is 1.17. The van der Waals surface area contributed by atoms with Crippen LogP contribution in [0.25, 0.3) is 0 Å². The maximum atomic E-state index is 5.58. The van der Waals surface area contributed by atoms with Gasteiger partial charge in [0.1, 0.15) is 5.82 Å². The number of pyridine rings is 1. The van der Waals surface area contributed by atoms with Crippen molar-refractivity contribution in [3.8, 4) is 11.8 Å². The van der Waals surface area contributed by atoms with Crippen LogP contribution in [-0.4, -0.2) is 10.7 Å². The van der Waals surface area contributed by atoms with Crippen LogP contribution in [0.4, 0.5) is 5.82 Å². The van der Waals surface area contributed by atoms with E-state index in [0.717, 1.165) is 16.8 Å². The Morgan fingerprint density at radius 3 is 2.77 bits per heavy atom. The monoisotopic (exact) mass is 192 g/mol. The van der Waals surface area contributed by atoms with Gasteiger partial charge in [0.25, 0.3) is 0 Å². The van der Waals surface area contributed by atoms with E-state index in [-0.39, 0.29) is 0 Å². The van der Waals surface area contributed by atoms with Crippen LogP contribution in [-0.2, 0) is 0 Å². The molecule has 0 saturated heterocycles. The summed E-state index contributed by atoms with van der Waals surface area (Å²) in [7, 11) is 0. The van der Waals surface area contributed by atoms with Gasteiger partial charge in [-0.1, -0.05) is 11.8 Å². The lowest BCUT2D eigenvalue weighted by Crippen LogP contribution is -1.97. The van der Waals surface area contributed by atoms with Crippen molar-refractivity contribution >= 4 is 18.4 Å². The Labute approximate surface area is 84.0 Å². The summed E-state index contributed by atoms with van der Waals surface area (Å²) in [5.74, 6) is 7.02. The Hall–Kier alpha value is -1.14.